The number of nitrogens with zero attached hydrogens (tertiary/aromatic N) is 1. The van der Waals surface area contributed by atoms with Gasteiger partial charge in [-0.2, -0.15) is 4.31 Å². The number of nitrogen functional groups attached to an aromatic ring is 1. The molecule has 0 atom stereocenters. The maximum atomic E-state index is 11.9. The van der Waals surface area contributed by atoms with Crippen molar-refractivity contribution in [3.05, 3.63) is 36.9 Å². The topological polar surface area (TPSA) is 63.4 Å². The number of hydrogen-bond donors (Lipinski definition) is 1. The van der Waals surface area contributed by atoms with E-state index in [-0.39, 0.29) is 11.4 Å². The summed E-state index contributed by atoms with van der Waals surface area (Å²) in [6, 6.07) is 6.22. The highest BCUT2D eigenvalue weighted by molar-refractivity contribution is 7.89. The summed E-state index contributed by atoms with van der Waals surface area (Å²) in [5.41, 5.74) is 5.96. The van der Waals surface area contributed by atoms with E-state index < -0.39 is 10.0 Å². The number of benzene rings is 1. The van der Waals surface area contributed by atoms with E-state index in [1.807, 2.05) is 0 Å². The smallest absolute Gasteiger partial charge is 0.243 e. The van der Waals surface area contributed by atoms with Gasteiger partial charge >= 0.3 is 0 Å². The van der Waals surface area contributed by atoms with Crippen LogP contribution in [0.1, 0.15) is 0 Å². The molecule has 0 saturated heterocycles. The number of hydrogen-bond acceptors (Lipinski definition) is 3. The number of nitrogens with two attached hydrogens (primary N) is 1. The van der Waals surface area contributed by atoms with Gasteiger partial charge in [0.2, 0.25) is 10.0 Å². The summed E-state index contributed by atoms with van der Waals surface area (Å²) in [7, 11) is -1.94. The molecule has 0 aliphatic rings. The molecule has 0 aliphatic heterocycles. The predicted molar refractivity (Wildman–Crippen MR) is 60.9 cm³/mol. The highest BCUT2D eigenvalue weighted by Gasteiger charge is 2.19. The highest BCUT2D eigenvalue weighted by Crippen LogP contribution is 2.16. The summed E-state index contributed by atoms with van der Waals surface area (Å²) < 4.78 is 25.0. The average molecular weight is 226 g/mol. The molecule has 0 spiro atoms. The van der Waals surface area contributed by atoms with Gasteiger partial charge in [-0.05, 0) is 18.2 Å². The number of anilines is 1. The summed E-state index contributed by atoms with van der Waals surface area (Å²) in [5, 5.41) is 0. The van der Waals surface area contributed by atoms with Crippen LogP contribution in [-0.4, -0.2) is 26.3 Å². The average Bonchev–Trinajstić information content (AvgIpc) is 2.18. The van der Waals surface area contributed by atoms with Crippen LogP contribution in [0.4, 0.5) is 5.69 Å². The summed E-state index contributed by atoms with van der Waals surface area (Å²) in [4.78, 5) is 0.201. The second kappa shape index (κ2) is 4.46. The Kier molecular flexibility index (Phi) is 3.49. The maximum Gasteiger partial charge on any atom is 0.243 e. The fourth-order valence-electron chi connectivity index (χ4n) is 1.13. The van der Waals surface area contributed by atoms with Gasteiger partial charge in [-0.25, -0.2) is 8.42 Å². The molecule has 0 aliphatic carbocycles. The zero-order valence-corrected chi connectivity index (χ0v) is 9.37. The molecule has 1 rings (SSSR count). The van der Waals surface area contributed by atoms with Crippen LogP contribution in [-0.2, 0) is 10.0 Å². The van der Waals surface area contributed by atoms with Crippen LogP contribution < -0.4 is 5.73 Å². The molecule has 0 heterocycles. The zero-order valence-electron chi connectivity index (χ0n) is 8.55. The summed E-state index contributed by atoms with van der Waals surface area (Å²) in [6.07, 6.45) is 1.53. The van der Waals surface area contributed by atoms with Crippen LogP contribution in [0.25, 0.3) is 0 Å². The van der Waals surface area contributed by atoms with Crippen LogP contribution in [0, 0.1) is 0 Å². The molecule has 0 amide bonds. The van der Waals surface area contributed by atoms with Gasteiger partial charge in [0, 0.05) is 19.3 Å². The molecule has 0 bridgehead atoms. The lowest BCUT2D eigenvalue weighted by atomic mass is 10.3. The van der Waals surface area contributed by atoms with Crippen molar-refractivity contribution < 1.29 is 8.42 Å². The summed E-state index contributed by atoms with van der Waals surface area (Å²) >= 11 is 0. The van der Waals surface area contributed by atoms with E-state index in [1.54, 1.807) is 12.1 Å². The molecule has 1 aromatic rings. The minimum atomic E-state index is -3.44. The van der Waals surface area contributed by atoms with Gasteiger partial charge in [0.25, 0.3) is 0 Å². The van der Waals surface area contributed by atoms with E-state index in [0.29, 0.717) is 5.69 Å². The Labute approximate surface area is 90.1 Å². The van der Waals surface area contributed by atoms with Gasteiger partial charge in [0.05, 0.1) is 4.90 Å². The SMILES string of the molecule is C=CCN(C)S(=O)(=O)c1cccc(N)c1. The number of sulfonamides is 1. The third-order valence-corrected chi connectivity index (χ3v) is 3.77. The van der Waals surface area contributed by atoms with E-state index in [0.717, 1.165) is 0 Å². The van der Waals surface area contributed by atoms with E-state index >= 15 is 0 Å². The third-order valence-electron chi connectivity index (χ3n) is 1.95. The Balaban J connectivity index is 3.11. The van der Waals surface area contributed by atoms with Gasteiger partial charge in [-0.3, -0.25) is 0 Å². The highest BCUT2D eigenvalue weighted by atomic mass is 32.2. The quantitative estimate of drug-likeness (QED) is 0.617. The Morgan fingerprint density at radius 1 is 1.53 bits per heavy atom. The Morgan fingerprint density at radius 3 is 2.73 bits per heavy atom. The minimum Gasteiger partial charge on any atom is -0.399 e. The first kappa shape index (κ1) is 11.7. The first-order valence-electron chi connectivity index (χ1n) is 4.41. The molecular weight excluding hydrogens is 212 g/mol. The number of rotatable bonds is 4. The van der Waals surface area contributed by atoms with Crippen LogP contribution in [0.3, 0.4) is 0 Å². The van der Waals surface area contributed by atoms with Crippen molar-refractivity contribution in [1.82, 2.24) is 4.31 Å². The van der Waals surface area contributed by atoms with Gasteiger partial charge in [-0.1, -0.05) is 12.1 Å². The van der Waals surface area contributed by atoms with Crippen LogP contribution in [0.5, 0.6) is 0 Å². The maximum absolute atomic E-state index is 11.9. The molecule has 82 valence electrons. The van der Waals surface area contributed by atoms with Crippen LogP contribution >= 0.6 is 0 Å². The normalized spacial score (nSPS) is 11.6. The summed E-state index contributed by atoms with van der Waals surface area (Å²) in [6.45, 7) is 3.77. The van der Waals surface area contributed by atoms with Crippen molar-refractivity contribution in [2.45, 2.75) is 4.90 Å². The molecule has 0 saturated carbocycles. The molecule has 0 aromatic heterocycles. The molecule has 15 heavy (non-hydrogen) atoms. The van der Waals surface area contributed by atoms with Gasteiger partial charge in [0.1, 0.15) is 0 Å². The molecule has 0 unspecified atom stereocenters. The Morgan fingerprint density at radius 2 is 2.20 bits per heavy atom. The van der Waals surface area contributed by atoms with Gasteiger partial charge in [-0.15, -0.1) is 6.58 Å². The molecular formula is C10H14N2O2S. The minimum absolute atomic E-state index is 0.201. The van der Waals surface area contributed by atoms with Gasteiger partial charge < -0.3 is 5.73 Å². The molecule has 0 radical (unpaired) electrons. The lowest BCUT2D eigenvalue weighted by Crippen LogP contribution is -2.26. The van der Waals surface area contributed by atoms with Crippen molar-refractivity contribution in [3.8, 4) is 0 Å². The third kappa shape index (κ3) is 2.57. The first-order chi connectivity index (χ1) is 6.98. The lowest BCUT2D eigenvalue weighted by molar-refractivity contribution is 0.499. The van der Waals surface area contributed by atoms with E-state index in [4.69, 9.17) is 5.73 Å². The van der Waals surface area contributed by atoms with E-state index in [9.17, 15) is 8.42 Å². The molecule has 5 heteroatoms. The fourth-order valence-corrected chi connectivity index (χ4v) is 2.33. The monoisotopic (exact) mass is 226 g/mol. The summed E-state index contributed by atoms with van der Waals surface area (Å²) in [5.74, 6) is 0. The van der Waals surface area contributed by atoms with E-state index in [2.05, 4.69) is 6.58 Å². The molecule has 2 N–H and O–H groups in total. The second-order valence-electron chi connectivity index (χ2n) is 3.15. The second-order valence-corrected chi connectivity index (χ2v) is 5.19. The van der Waals surface area contributed by atoms with Gasteiger partial charge in [0.15, 0.2) is 0 Å². The largest absolute Gasteiger partial charge is 0.399 e. The van der Waals surface area contributed by atoms with Crippen LogP contribution in [0.2, 0.25) is 0 Å². The van der Waals surface area contributed by atoms with Crippen molar-refractivity contribution in [2.75, 3.05) is 19.3 Å². The standard InChI is InChI=1S/C10H14N2O2S/c1-3-7-12(2)15(13,14)10-6-4-5-9(11)8-10/h3-6,8H,1,7,11H2,2H3. The first-order valence-corrected chi connectivity index (χ1v) is 5.85. The van der Waals surface area contributed by atoms with Crippen molar-refractivity contribution in [3.63, 3.8) is 0 Å². The lowest BCUT2D eigenvalue weighted by Gasteiger charge is -2.15. The van der Waals surface area contributed by atoms with Crippen molar-refractivity contribution in [2.24, 2.45) is 0 Å². The zero-order chi connectivity index (χ0) is 11.5. The Bertz CT molecular complexity index is 454. The number of likely N-dealkylation sites (N-methyl/N-ethyl adjacent to an activating group) is 1. The van der Waals surface area contributed by atoms with Crippen molar-refractivity contribution >= 4 is 15.7 Å². The predicted octanol–water partition coefficient (Wildman–Crippen LogP) is 1.08. The van der Waals surface area contributed by atoms with Crippen LogP contribution in [0.15, 0.2) is 41.8 Å². The Hall–Kier alpha value is -1.33. The molecule has 0 fully saturated rings. The molecule has 4 nitrogen and oxygen atoms in total. The fraction of sp³-hybridized carbons (Fsp3) is 0.200. The molecule has 1 aromatic carbocycles. The van der Waals surface area contributed by atoms with E-state index in [1.165, 1.54) is 29.6 Å². The van der Waals surface area contributed by atoms with Crippen molar-refractivity contribution in [1.29, 1.82) is 0 Å².